The first kappa shape index (κ1) is 17.7. The van der Waals surface area contributed by atoms with Gasteiger partial charge in [0.15, 0.2) is 0 Å². The van der Waals surface area contributed by atoms with Crippen LogP contribution in [0.15, 0.2) is 24.3 Å². The Hall–Kier alpha value is -1.69. The minimum Gasteiger partial charge on any atom is -0.444 e. The zero-order valence-electron chi connectivity index (χ0n) is 13.7. The average Bonchev–Trinajstić information content (AvgIpc) is 2.39. The highest BCUT2D eigenvalue weighted by Gasteiger charge is 2.31. The second-order valence-corrected chi connectivity index (χ2v) is 6.93. The molecule has 0 aliphatic heterocycles. The standard InChI is InChI=1S/C17H24F2N2O2/c1-17(2,3)23-16(22)21-14-8-13(9-14)20-10-11-4-6-12(7-5-11)15(18)19/h4-7,13-15,20H,8-10H2,1-3H3,(H,21,22). The maximum atomic E-state index is 12.5. The van der Waals surface area contributed by atoms with E-state index >= 15 is 0 Å². The van der Waals surface area contributed by atoms with Crippen LogP contribution in [0.5, 0.6) is 0 Å². The van der Waals surface area contributed by atoms with Gasteiger partial charge in [-0.2, -0.15) is 0 Å². The molecule has 0 bridgehead atoms. The fraction of sp³-hybridized carbons (Fsp3) is 0.588. The number of alkyl halides is 2. The minimum atomic E-state index is -2.43. The van der Waals surface area contributed by atoms with Gasteiger partial charge in [0.25, 0.3) is 6.43 Å². The zero-order chi connectivity index (χ0) is 17.0. The van der Waals surface area contributed by atoms with Gasteiger partial charge in [-0.1, -0.05) is 24.3 Å². The van der Waals surface area contributed by atoms with Crippen LogP contribution in [0.3, 0.4) is 0 Å². The van der Waals surface area contributed by atoms with Gasteiger partial charge in [0.05, 0.1) is 0 Å². The van der Waals surface area contributed by atoms with Crippen LogP contribution in [-0.2, 0) is 11.3 Å². The van der Waals surface area contributed by atoms with E-state index in [-0.39, 0.29) is 17.7 Å². The van der Waals surface area contributed by atoms with E-state index in [1.807, 2.05) is 20.8 Å². The van der Waals surface area contributed by atoms with Gasteiger partial charge in [-0.05, 0) is 39.2 Å². The quantitative estimate of drug-likeness (QED) is 0.866. The summed E-state index contributed by atoms with van der Waals surface area (Å²) in [5, 5.41) is 6.19. The molecular formula is C17H24F2N2O2. The fourth-order valence-corrected chi connectivity index (χ4v) is 2.42. The van der Waals surface area contributed by atoms with E-state index in [1.54, 1.807) is 12.1 Å². The Morgan fingerprint density at radius 2 is 1.83 bits per heavy atom. The molecule has 1 aromatic rings. The number of halogens is 2. The van der Waals surface area contributed by atoms with Gasteiger partial charge in [-0.25, -0.2) is 13.6 Å². The molecule has 23 heavy (non-hydrogen) atoms. The highest BCUT2D eigenvalue weighted by atomic mass is 19.3. The van der Waals surface area contributed by atoms with Gasteiger partial charge in [0, 0.05) is 24.2 Å². The summed E-state index contributed by atoms with van der Waals surface area (Å²) in [7, 11) is 0. The van der Waals surface area contributed by atoms with Crippen molar-refractivity contribution in [3.8, 4) is 0 Å². The van der Waals surface area contributed by atoms with Crippen molar-refractivity contribution in [1.29, 1.82) is 0 Å². The summed E-state index contributed by atoms with van der Waals surface area (Å²) >= 11 is 0. The molecule has 1 aliphatic rings. The van der Waals surface area contributed by atoms with Crippen LogP contribution in [0.1, 0.15) is 51.2 Å². The van der Waals surface area contributed by atoms with Gasteiger partial charge < -0.3 is 15.4 Å². The summed E-state index contributed by atoms with van der Waals surface area (Å²) in [6.45, 7) is 6.12. The molecule has 1 aromatic carbocycles. The maximum Gasteiger partial charge on any atom is 0.407 e. The molecule has 2 N–H and O–H groups in total. The molecule has 0 unspecified atom stereocenters. The zero-order valence-corrected chi connectivity index (χ0v) is 13.7. The van der Waals surface area contributed by atoms with E-state index in [1.165, 1.54) is 12.1 Å². The highest BCUT2D eigenvalue weighted by molar-refractivity contribution is 5.68. The summed E-state index contributed by atoms with van der Waals surface area (Å²) in [5.41, 5.74) is 0.521. The van der Waals surface area contributed by atoms with Crippen LogP contribution in [0.2, 0.25) is 0 Å². The smallest absolute Gasteiger partial charge is 0.407 e. The lowest BCUT2D eigenvalue weighted by Crippen LogP contribution is -2.52. The number of hydrogen-bond donors (Lipinski definition) is 2. The number of ether oxygens (including phenoxy) is 1. The molecule has 0 heterocycles. The Morgan fingerprint density at radius 3 is 2.35 bits per heavy atom. The maximum absolute atomic E-state index is 12.5. The largest absolute Gasteiger partial charge is 0.444 e. The molecule has 0 aromatic heterocycles. The van der Waals surface area contributed by atoms with E-state index in [2.05, 4.69) is 10.6 Å². The third-order valence-corrected chi connectivity index (χ3v) is 3.69. The predicted molar refractivity (Wildman–Crippen MR) is 84.4 cm³/mol. The van der Waals surface area contributed by atoms with Crippen molar-refractivity contribution >= 4 is 6.09 Å². The van der Waals surface area contributed by atoms with Gasteiger partial charge in [-0.3, -0.25) is 0 Å². The Bertz CT molecular complexity index is 520. The number of alkyl carbamates (subject to hydrolysis) is 1. The Morgan fingerprint density at radius 1 is 1.22 bits per heavy atom. The van der Waals surface area contributed by atoms with E-state index in [0.717, 1.165) is 18.4 Å². The SMILES string of the molecule is CC(C)(C)OC(=O)NC1CC(NCc2ccc(C(F)F)cc2)C1. The molecular weight excluding hydrogens is 302 g/mol. The average molecular weight is 326 g/mol. The molecule has 0 atom stereocenters. The number of rotatable bonds is 5. The Balaban J connectivity index is 1.65. The molecule has 128 valence electrons. The molecule has 2 rings (SSSR count). The van der Waals surface area contributed by atoms with Crippen molar-refractivity contribution in [2.45, 2.75) is 64.3 Å². The predicted octanol–water partition coefficient (Wildman–Crippen LogP) is 3.77. The molecule has 0 radical (unpaired) electrons. The van der Waals surface area contributed by atoms with Crippen molar-refractivity contribution in [3.63, 3.8) is 0 Å². The molecule has 0 saturated heterocycles. The van der Waals surface area contributed by atoms with Crippen LogP contribution in [0.4, 0.5) is 13.6 Å². The van der Waals surface area contributed by atoms with Gasteiger partial charge in [-0.15, -0.1) is 0 Å². The van der Waals surface area contributed by atoms with Crippen LogP contribution in [0, 0.1) is 0 Å². The van der Waals surface area contributed by atoms with E-state index in [4.69, 9.17) is 4.74 Å². The lowest BCUT2D eigenvalue weighted by molar-refractivity contribution is 0.0465. The lowest BCUT2D eigenvalue weighted by Gasteiger charge is -2.36. The van der Waals surface area contributed by atoms with Crippen LogP contribution in [-0.4, -0.2) is 23.8 Å². The molecule has 4 nitrogen and oxygen atoms in total. The van der Waals surface area contributed by atoms with Crippen LogP contribution < -0.4 is 10.6 Å². The number of carbonyl (C=O) groups excluding carboxylic acids is 1. The van der Waals surface area contributed by atoms with Gasteiger partial charge >= 0.3 is 6.09 Å². The van der Waals surface area contributed by atoms with Crippen LogP contribution >= 0.6 is 0 Å². The topological polar surface area (TPSA) is 50.4 Å². The normalized spacial score (nSPS) is 21.0. The Labute approximate surface area is 135 Å². The second-order valence-electron chi connectivity index (χ2n) is 6.93. The van der Waals surface area contributed by atoms with E-state index in [9.17, 15) is 13.6 Å². The fourth-order valence-electron chi connectivity index (χ4n) is 2.42. The first-order valence-electron chi connectivity index (χ1n) is 7.83. The number of hydrogen-bond acceptors (Lipinski definition) is 3. The molecule has 1 amide bonds. The Kier molecular flexibility index (Phi) is 5.57. The summed E-state index contributed by atoms with van der Waals surface area (Å²) in [6.07, 6.45) is -1.13. The van der Waals surface area contributed by atoms with Crippen molar-refractivity contribution in [1.82, 2.24) is 10.6 Å². The first-order chi connectivity index (χ1) is 10.7. The van der Waals surface area contributed by atoms with Crippen LogP contribution in [0.25, 0.3) is 0 Å². The van der Waals surface area contributed by atoms with Gasteiger partial charge in [0.1, 0.15) is 5.60 Å². The molecule has 0 spiro atoms. The highest BCUT2D eigenvalue weighted by Crippen LogP contribution is 2.22. The summed E-state index contributed by atoms with van der Waals surface area (Å²) < 4.78 is 30.1. The molecule has 1 fully saturated rings. The number of nitrogens with one attached hydrogen (secondary N) is 2. The molecule has 6 heteroatoms. The van der Waals surface area contributed by atoms with Gasteiger partial charge in [0.2, 0.25) is 0 Å². The van der Waals surface area contributed by atoms with Crippen molar-refractivity contribution in [2.75, 3.05) is 0 Å². The van der Waals surface area contributed by atoms with E-state index < -0.39 is 12.0 Å². The number of amides is 1. The molecule has 1 saturated carbocycles. The van der Waals surface area contributed by atoms with Crippen molar-refractivity contribution in [3.05, 3.63) is 35.4 Å². The van der Waals surface area contributed by atoms with E-state index in [0.29, 0.717) is 12.6 Å². The third-order valence-electron chi connectivity index (χ3n) is 3.69. The van der Waals surface area contributed by atoms with Crippen molar-refractivity contribution < 1.29 is 18.3 Å². The minimum absolute atomic E-state index is 0.0408. The summed E-state index contributed by atoms with van der Waals surface area (Å²) in [4.78, 5) is 11.6. The summed E-state index contributed by atoms with van der Waals surface area (Å²) in [6, 6.07) is 6.78. The number of carbonyl (C=O) groups is 1. The first-order valence-corrected chi connectivity index (χ1v) is 7.83. The number of benzene rings is 1. The third kappa shape index (κ3) is 5.78. The summed E-state index contributed by atoms with van der Waals surface area (Å²) in [5.74, 6) is 0. The second kappa shape index (κ2) is 7.25. The van der Waals surface area contributed by atoms with Crippen molar-refractivity contribution in [2.24, 2.45) is 0 Å². The monoisotopic (exact) mass is 326 g/mol. The molecule has 1 aliphatic carbocycles. The lowest BCUT2D eigenvalue weighted by atomic mass is 9.86.